The van der Waals surface area contributed by atoms with Gasteiger partial charge in [0, 0.05) is 23.7 Å². The van der Waals surface area contributed by atoms with E-state index in [4.69, 9.17) is 4.74 Å². The Hall–Kier alpha value is -3.00. The van der Waals surface area contributed by atoms with Gasteiger partial charge in [-0.2, -0.15) is 18.3 Å². The number of fused-ring (bicyclic) bond motifs is 1. The van der Waals surface area contributed by atoms with E-state index < -0.39 is 11.7 Å². The van der Waals surface area contributed by atoms with Gasteiger partial charge in [-0.25, -0.2) is 9.50 Å². The van der Waals surface area contributed by atoms with E-state index in [9.17, 15) is 13.2 Å². The Morgan fingerprint density at radius 3 is 2.60 bits per heavy atom. The fourth-order valence-electron chi connectivity index (χ4n) is 3.03. The maximum atomic E-state index is 12.9. The number of alkyl halides is 3. The SMILES string of the molecule is CCOc1ccc(-c2cc3c(SCc4cccc(C(F)(F)F)c4)nccn3n2)cc1. The van der Waals surface area contributed by atoms with Gasteiger partial charge in [-0.15, -0.1) is 0 Å². The molecule has 0 aliphatic heterocycles. The Kier molecular flexibility index (Phi) is 5.67. The number of nitrogens with zero attached hydrogens (tertiary/aromatic N) is 3. The third-order valence-corrected chi connectivity index (χ3v) is 5.51. The van der Waals surface area contributed by atoms with Gasteiger partial charge >= 0.3 is 6.18 Å². The average molecular weight is 429 g/mol. The van der Waals surface area contributed by atoms with Crippen LogP contribution in [0.25, 0.3) is 16.8 Å². The minimum atomic E-state index is -4.35. The van der Waals surface area contributed by atoms with E-state index in [2.05, 4.69) is 10.1 Å². The summed E-state index contributed by atoms with van der Waals surface area (Å²) >= 11 is 1.38. The summed E-state index contributed by atoms with van der Waals surface area (Å²) < 4.78 is 46.0. The lowest BCUT2D eigenvalue weighted by Crippen LogP contribution is -2.04. The maximum absolute atomic E-state index is 12.9. The van der Waals surface area contributed by atoms with Crippen LogP contribution < -0.4 is 4.74 Å². The molecule has 154 valence electrons. The number of aromatic nitrogens is 3. The van der Waals surface area contributed by atoms with Crippen molar-refractivity contribution in [3.63, 3.8) is 0 Å². The summed E-state index contributed by atoms with van der Waals surface area (Å²) in [6.45, 7) is 2.54. The number of rotatable bonds is 6. The smallest absolute Gasteiger partial charge is 0.416 e. The van der Waals surface area contributed by atoms with Gasteiger partial charge in [0.1, 0.15) is 10.8 Å². The van der Waals surface area contributed by atoms with Crippen LogP contribution in [0.1, 0.15) is 18.1 Å². The summed E-state index contributed by atoms with van der Waals surface area (Å²) in [6, 6.07) is 15.0. The normalized spacial score (nSPS) is 11.7. The van der Waals surface area contributed by atoms with E-state index in [-0.39, 0.29) is 0 Å². The van der Waals surface area contributed by atoms with Crippen LogP contribution in [0.2, 0.25) is 0 Å². The fourth-order valence-corrected chi connectivity index (χ4v) is 3.95. The molecule has 0 atom stereocenters. The van der Waals surface area contributed by atoms with Crippen LogP contribution >= 0.6 is 11.8 Å². The molecule has 0 unspecified atom stereocenters. The van der Waals surface area contributed by atoms with Crippen molar-refractivity contribution in [3.05, 3.63) is 78.1 Å². The Morgan fingerprint density at radius 2 is 1.87 bits per heavy atom. The molecule has 0 saturated heterocycles. The van der Waals surface area contributed by atoms with Crippen molar-refractivity contribution in [1.29, 1.82) is 0 Å². The molecular formula is C22H18F3N3OS. The molecule has 4 nitrogen and oxygen atoms in total. The maximum Gasteiger partial charge on any atom is 0.416 e. The van der Waals surface area contributed by atoms with E-state index in [1.165, 1.54) is 23.9 Å². The molecule has 8 heteroatoms. The van der Waals surface area contributed by atoms with Gasteiger partial charge in [0.15, 0.2) is 0 Å². The molecule has 0 fully saturated rings. The zero-order chi connectivity index (χ0) is 21.1. The second-order valence-electron chi connectivity index (χ2n) is 6.54. The van der Waals surface area contributed by atoms with E-state index >= 15 is 0 Å². The first-order chi connectivity index (χ1) is 14.4. The third-order valence-electron chi connectivity index (χ3n) is 4.45. The molecular weight excluding hydrogens is 411 g/mol. The minimum Gasteiger partial charge on any atom is -0.494 e. The summed E-state index contributed by atoms with van der Waals surface area (Å²) in [6.07, 6.45) is -0.963. The van der Waals surface area contributed by atoms with Crippen LogP contribution in [0.15, 0.2) is 72.0 Å². The standard InChI is InChI=1S/C22H18F3N3OS/c1-2-29-18-8-6-16(7-9-18)19-13-20-21(26-10-11-28(20)27-19)30-14-15-4-3-5-17(12-15)22(23,24)25/h3-13H,2,14H2,1H3. The summed E-state index contributed by atoms with van der Waals surface area (Å²) in [5, 5.41) is 5.30. The van der Waals surface area contributed by atoms with Gasteiger partial charge in [-0.1, -0.05) is 30.0 Å². The molecule has 0 radical (unpaired) electrons. The van der Waals surface area contributed by atoms with Gasteiger partial charge in [-0.3, -0.25) is 0 Å². The molecule has 0 amide bonds. The molecule has 0 aliphatic rings. The third kappa shape index (κ3) is 4.43. The minimum absolute atomic E-state index is 0.375. The van der Waals surface area contributed by atoms with Gasteiger partial charge < -0.3 is 4.74 Å². The average Bonchev–Trinajstić information content (AvgIpc) is 3.17. The lowest BCUT2D eigenvalue weighted by molar-refractivity contribution is -0.137. The molecule has 30 heavy (non-hydrogen) atoms. The zero-order valence-electron chi connectivity index (χ0n) is 16.1. The largest absolute Gasteiger partial charge is 0.494 e. The Bertz CT molecular complexity index is 1160. The Labute approximate surface area is 175 Å². The summed E-state index contributed by atoms with van der Waals surface area (Å²) in [5.74, 6) is 1.17. The Balaban J connectivity index is 1.57. The van der Waals surface area contributed by atoms with Crippen molar-refractivity contribution in [2.75, 3.05) is 6.61 Å². The highest BCUT2D eigenvalue weighted by Crippen LogP contribution is 2.32. The van der Waals surface area contributed by atoms with Crippen LogP contribution in [0.3, 0.4) is 0 Å². The number of hydrogen-bond donors (Lipinski definition) is 0. The molecule has 4 aromatic rings. The highest BCUT2D eigenvalue weighted by atomic mass is 32.2. The lowest BCUT2D eigenvalue weighted by Gasteiger charge is -2.08. The van der Waals surface area contributed by atoms with Crippen molar-refractivity contribution >= 4 is 17.3 Å². The predicted octanol–water partition coefficient (Wildman–Crippen LogP) is 6.11. The fraction of sp³-hybridized carbons (Fsp3) is 0.182. The van der Waals surface area contributed by atoms with E-state index in [0.717, 1.165) is 28.6 Å². The van der Waals surface area contributed by atoms with Crippen LogP contribution in [-0.2, 0) is 11.9 Å². The van der Waals surface area contributed by atoms with Crippen molar-refractivity contribution in [3.8, 4) is 17.0 Å². The van der Waals surface area contributed by atoms with E-state index in [1.54, 1.807) is 23.0 Å². The summed E-state index contributed by atoms with van der Waals surface area (Å²) in [7, 11) is 0. The van der Waals surface area contributed by atoms with Gasteiger partial charge in [0.25, 0.3) is 0 Å². The Morgan fingerprint density at radius 1 is 1.07 bits per heavy atom. The second kappa shape index (κ2) is 8.39. The second-order valence-corrected chi connectivity index (χ2v) is 7.50. The number of benzene rings is 2. The predicted molar refractivity (Wildman–Crippen MR) is 111 cm³/mol. The van der Waals surface area contributed by atoms with Crippen molar-refractivity contribution in [2.24, 2.45) is 0 Å². The lowest BCUT2D eigenvalue weighted by atomic mass is 10.1. The molecule has 4 rings (SSSR count). The highest BCUT2D eigenvalue weighted by Gasteiger charge is 2.30. The molecule has 0 aliphatic carbocycles. The molecule has 0 saturated carbocycles. The van der Waals surface area contributed by atoms with Crippen LogP contribution in [0, 0.1) is 0 Å². The number of ether oxygens (including phenoxy) is 1. The van der Waals surface area contributed by atoms with Crippen molar-refractivity contribution < 1.29 is 17.9 Å². The zero-order valence-corrected chi connectivity index (χ0v) is 16.9. The van der Waals surface area contributed by atoms with Gasteiger partial charge in [-0.05, 0) is 48.9 Å². The summed E-state index contributed by atoms with van der Waals surface area (Å²) in [5.41, 5.74) is 2.47. The molecule has 0 N–H and O–H groups in total. The topological polar surface area (TPSA) is 39.4 Å². The highest BCUT2D eigenvalue weighted by molar-refractivity contribution is 7.98. The monoisotopic (exact) mass is 429 g/mol. The first-order valence-corrected chi connectivity index (χ1v) is 10.3. The number of thioether (sulfide) groups is 1. The van der Waals surface area contributed by atoms with Gasteiger partial charge in [0.2, 0.25) is 0 Å². The van der Waals surface area contributed by atoms with Crippen molar-refractivity contribution in [1.82, 2.24) is 14.6 Å². The van der Waals surface area contributed by atoms with Crippen LogP contribution in [0.4, 0.5) is 13.2 Å². The first-order valence-electron chi connectivity index (χ1n) is 9.30. The molecule has 2 aromatic carbocycles. The van der Waals surface area contributed by atoms with Crippen LogP contribution in [0.5, 0.6) is 5.75 Å². The number of hydrogen-bond acceptors (Lipinski definition) is 4. The molecule has 0 bridgehead atoms. The van der Waals surface area contributed by atoms with E-state index in [1.807, 2.05) is 37.3 Å². The number of halogens is 3. The molecule has 0 spiro atoms. The van der Waals surface area contributed by atoms with Crippen LogP contribution in [-0.4, -0.2) is 21.2 Å². The quantitative estimate of drug-likeness (QED) is 0.347. The van der Waals surface area contributed by atoms with E-state index in [0.29, 0.717) is 22.9 Å². The summed E-state index contributed by atoms with van der Waals surface area (Å²) in [4.78, 5) is 4.40. The van der Waals surface area contributed by atoms with Gasteiger partial charge in [0.05, 0.1) is 23.4 Å². The molecule has 2 heterocycles. The first kappa shape index (κ1) is 20.3. The molecule has 2 aromatic heterocycles. The van der Waals surface area contributed by atoms with Crippen molar-refractivity contribution in [2.45, 2.75) is 23.9 Å².